The lowest BCUT2D eigenvalue weighted by molar-refractivity contribution is -0.114. The highest BCUT2D eigenvalue weighted by Gasteiger charge is 2.21. The topological polar surface area (TPSA) is 54.5 Å². The fourth-order valence-electron chi connectivity index (χ4n) is 0.680. The zero-order valence-corrected chi connectivity index (χ0v) is 8.68. The van der Waals surface area contributed by atoms with Gasteiger partial charge < -0.3 is 0 Å². The predicted octanol–water partition coefficient (Wildman–Crippen LogP) is 0.245. The molecule has 0 rings (SSSR count). The summed E-state index contributed by atoms with van der Waals surface area (Å²) in [6.07, 6.45) is 0. The second kappa shape index (κ2) is 4.00. The first-order valence-corrected chi connectivity index (χ1v) is 5.33. The van der Waals surface area contributed by atoms with Gasteiger partial charge in [0, 0.05) is 13.1 Å². The highest BCUT2D eigenvalue weighted by atomic mass is 32.2. The summed E-state index contributed by atoms with van der Waals surface area (Å²) in [5.74, 6) is -0.732. The van der Waals surface area contributed by atoms with Crippen LogP contribution in [-0.2, 0) is 14.8 Å². The number of nitrogens with zero attached hydrogens (tertiary/aromatic N) is 1. The van der Waals surface area contributed by atoms with Gasteiger partial charge >= 0.3 is 0 Å². The molecule has 0 heterocycles. The van der Waals surface area contributed by atoms with E-state index in [0.717, 1.165) is 0 Å². The Kier molecular flexibility index (Phi) is 3.86. The van der Waals surface area contributed by atoms with Gasteiger partial charge in [-0.2, -0.15) is 0 Å². The number of hydrogen-bond acceptors (Lipinski definition) is 3. The van der Waals surface area contributed by atoms with Crippen LogP contribution in [0.3, 0.4) is 0 Å². The van der Waals surface area contributed by atoms with Gasteiger partial charge in [0.2, 0.25) is 10.0 Å². The average Bonchev–Trinajstić information content (AvgIpc) is 1.82. The third kappa shape index (κ3) is 3.32. The third-order valence-electron chi connectivity index (χ3n) is 1.55. The highest BCUT2D eigenvalue weighted by molar-refractivity contribution is 7.89. The quantitative estimate of drug-likeness (QED) is 0.643. The molecule has 0 saturated heterocycles. The summed E-state index contributed by atoms with van der Waals surface area (Å²) in [5.41, 5.74) is 0. The van der Waals surface area contributed by atoms with E-state index in [-0.39, 0.29) is 11.8 Å². The second-order valence-electron chi connectivity index (χ2n) is 3.07. The van der Waals surface area contributed by atoms with Crippen LogP contribution in [0.5, 0.6) is 0 Å². The van der Waals surface area contributed by atoms with Crippen LogP contribution >= 0.6 is 0 Å². The van der Waals surface area contributed by atoms with E-state index in [1.165, 1.54) is 18.3 Å². The number of sulfonamides is 1. The summed E-state index contributed by atoms with van der Waals surface area (Å²) in [6, 6.07) is -0.102. The molecular formula is C7H15NO3S. The normalized spacial score (nSPS) is 12.5. The SMILES string of the molecule is CC(=O)CS(=O)(=O)N(C)C(C)C. The molecule has 0 bridgehead atoms. The first-order valence-electron chi connectivity index (χ1n) is 3.72. The van der Waals surface area contributed by atoms with E-state index in [1.54, 1.807) is 13.8 Å². The minimum Gasteiger partial charge on any atom is -0.299 e. The Bertz CT molecular complexity index is 256. The third-order valence-corrected chi connectivity index (χ3v) is 3.62. The number of ketones is 1. The molecule has 0 saturated carbocycles. The van der Waals surface area contributed by atoms with Crippen molar-refractivity contribution in [2.45, 2.75) is 26.8 Å². The van der Waals surface area contributed by atoms with Crippen molar-refractivity contribution < 1.29 is 13.2 Å². The first kappa shape index (κ1) is 11.6. The van der Waals surface area contributed by atoms with Crippen LogP contribution in [0.2, 0.25) is 0 Å². The molecule has 0 atom stereocenters. The van der Waals surface area contributed by atoms with E-state index in [9.17, 15) is 13.2 Å². The Morgan fingerprint density at radius 3 is 2.08 bits per heavy atom. The van der Waals surface area contributed by atoms with Gasteiger partial charge in [0.25, 0.3) is 0 Å². The molecule has 0 unspecified atom stereocenters. The summed E-state index contributed by atoms with van der Waals surface area (Å²) in [7, 11) is -1.90. The maximum Gasteiger partial charge on any atom is 0.221 e. The lowest BCUT2D eigenvalue weighted by Crippen LogP contribution is -2.36. The Balaban J connectivity index is 4.52. The van der Waals surface area contributed by atoms with Crippen LogP contribution in [0.25, 0.3) is 0 Å². The van der Waals surface area contributed by atoms with Crippen molar-refractivity contribution in [2.75, 3.05) is 12.8 Å². The summed E-state index contributed by atoms with van der Waals surface area (Å²) in [6.45, 7) is 4.79. The molecule has 12 heavy (non-hydrogen) atoms. The monoisotopic (exact) mass is 193 g/mol. The van der Waals surface area contributed by atoms with Crippen LogP contribution in [-0.4, -0.2) is 37.3 Å². The molecule has 0 amide bonds. The fourth-order valence-corrected chi connectivity index (χ4v) is 2.04. The molecule has 0 fully saturated rings. The van der Waals surface area contributed by atoms with Crippen molar-refractivity contribution in [3.05, 3.63) is 0 Å². The minimum absolute atomic E-state index is 0.102. The molecule has 0 aromatic rings. The smallest absolute Gasteiger partial charge is 0.221 e. The Morgan fingerprint density at radius 1 is 1.42 bits per heavy atom. The highest BCUT2D eigenvalue weighted by Crippen LogP contribution is 2.03. The molecule has 0 N–H and O–H groups in total. The summed E-state index contributed by atoms with van der Waals surface area (Å²) in [4.78, 5) is 10.6. The first-order chi connectivity index (χ1) is 5.27. The molecule has 0 aromatic carbocycles. The van der Waals surface area contributed by atoms with Crippen LogP contribution in [0.1, 0.15) is 20.8 Å². The van der Waals surface area contributed by atoms with Gasteiger partial charge in [0.1, 0.15) is 11.5 Å². The number of hydrogen-bond donors (Lipinski definition) is 0. The van der Waals surface area contributed by atoms with E-state index >= 15 is 0 Å². The van der Waals surface area contributed by atoms with Gasteiger partial charge in [-0.15, -0.1) is 0 Å². The minimum atomic E-state index is -3.38. The molecule has 0 aliphatic rings. The Morgan fingerprint density at radius 2 is 1.83 bits per heavy atom. The van der Waals surface area contributed by atoms with E-state index in [2.05, 4.69) is 0 Å². The summed E-state index contributed by atoms with van der Waals surface area (Å²) in [5, 5.41) is 0. The van der Waals surface area contributed by atoms with Crippen LogP contribution in [0.4, 0.5) is 0 Å². The molecule has 0 aromatic heterocycles. The number of Topliss-reactive ketones (excluding diaryl/α,β-unsaturated/α-hetero) is 1. The van der Waals surface area contributed by atoms with Crippen LogP contribution < -0.4 is 0 Å². The van der Waals surface area contributed by atoms with E-state index in [0.29, 0.717) is 0 Å². The fraction of sp³-hybridized carbons (Fsp3) is 0.857. The van der Waals surface area contributed by atoms with Crippen LogP contribution in [0, 0.1) is 0 Å². The van der Waals surface area contributed by atoms with Gasteiger partial charge in [-0.05, 0) is 20.8 Å². The lowest BCUT2D eigenvalue weighted by Gasteiger charge is -2.19. The number of carbonyl (C=O) groups excluding carboxylic acids is 1. The van der Waals surface area contributed by atoms with Gasteiger partial charge in [0.05, 0.1) is 0 Å². The molecule has 0 radical (unpaired) electrons. The molecular weight excluding hydrogens is 178 g/mol. The lowest BCUT2D eigenvalue weighted by atomic mass is 10.4. The van der Waals surface area contributed by atoms with Crippen molar-refractivity contribution in [3.8, 4) is 0 Å². The van der Waals surface area contributed by atoms with Crippen molar-refractivity contribution in [2.24, 2.45) is 0 Å². The molecule has 72 valence electrons. The van der Waals surface area contributed by atoms with Crippen molar-refractivity contribution in [1.29, 1.82) is 0 Å². The zero-order chi connectivity index (χ0) is 9.94. The summed E-state index contributed by atoms with van der Waals surface area (Å²) >= 11 is 0. The van der Waals surface area contributed by atoms with Gasteiger partial charge in [0.15, 0.2) is 0 Å². The second-order valence-corrected chi connectivity index (χ2v) is 5.10. The van der Waals surface area contributed by atoms with E-state index in [4.69, 9.17) is 0 Å². The van der Waals surface area contributed by atoms with Gasteiger partial charge in [-0.25, -0.2) is 12.7 Å². The van der Waals surface area contributed by atoms with Gasteiger partial charge in [-0.1, -0.05) is 0 Å². The predicted molar refractivity (Wildman–Crippen MR) is 47.4 cm³/mol. The zero-order valence-electron chi connectivity index (χ0n) is 7.86. The molecule has 0 aliphatic carbocycles. The van der Waals surface area contributed by atoms with Crippen molar-refractivity contribution in [1.82, 2.24) is 4.31 Å². The molecule has 5 heteroatoms. The van der Waals surface area contributed by atoms with Crippen molar-refractivity contribution in [3.63, 3.8) is 0 Å². The van der Waals surface area contributed by atoms with Crippen LogP contribution in [0.15, 0.2) is 0 Å². The largest absolute Gasteiger partial charge is 0.299 e. The molecule has 4 nitrogen and oxygen atoms in total. The maximum atomic E-state index is 11.3. The Labute approximate surface area is 73.6 Å². The molecule has 0 aliphatic heterocycles. The number of rotatable bonds is 4. The summed E-state index contributed by atoms with van der Waals surface area (Å²) < 4.78 is 23.8. The average molecular weight is 193 g/mol. The molecule has 0 spiro atoms. The maximum absolute atomic E-state index is 11.3. The standard InChI is InChI=1S/C7H15NO3S/c1-6(2)8(4)12(10,11)5-7(3)9/h6H,5H2,1-4H3. The number of carbonyl (C=O) groups is 1. The Hall–Kier alpha value is -0.420. The van der Waals surface area contributed by atoms with E-state index in [1.807, 2.05) is 0 Å². The van der Waals surface area contributed by atoms with Crippen molar-refractivity contribution >= 4 is 15.8 Å². The van der Waals surface area contributed by atoms with Gasteiger partial charge in [-0.3, -0.25) is 4.79 Å². The van der Waals surface area contributed by atoms with E-state index < -0.39 is 15.8 Å².